The maximum Gasteiger partial charge on any atom is 0.328 e. The summed E-state index contributed by atoms with van der Waals surface area (Å²) in [6.07, 6.45) is -0.170. The third-order valence-corrected chi connectivity index (χ3v) is 1.92. The molecule has 1 amide bonds. The monoisotopic (exact) mass is 232 g/mol. The number of hydrogen-bond acceptors (Lipinski definition) is 5. The lowest BCUT2D eigenvalue weighted by Gasteiger charge is -2.15. The first-order valence-electron chi connectivity index (χ1n) is 4.74. The van der Waals surface area contributed by atoms with Crippen LogP contribution in [0.4, 0.5) is 0 Å². The first-order valence-corrected chi connectivity index (χ1v) is 4.74. The number of rotatable bonds is 6. The fourth-order valence-electron chi connectivity index (χ4n) is 0.966. The Morgan fingerprint density at radius 1 is 1.44 bits per heavy atom. The highest BCUT2D eigenvalue weighted by atomic mass is 16.5. The van der Waals surface area contributed by atoms with Crippen molar-refractivity contribution in [3.8, 4) is 0 Å². The molecular weight excluding hydrogens is 216 g/mol. The van der Waals surface area contributed by atoms with Crippen LogP contribution in [0, 0.1) is 0 Å². The molecule has 0 saturated carbocycles. The number of methoxy groups -OCH3 is 1. The molecule has 0 spiro atoms. The van der Waals surface area contributed by atoms with Crippen molar-refractivity contribution in [2.75, 3.05) is 7.11 Å². The molecule has 92 valence electrons. The number of carbonyl (C=O) groups excluding carboxylic acids is 2. The van der Waals surface area contributed by atoms with Gasteiger partial charge in [0, 0.05) is 6.42 Å². The van der Waals surface area contributed by atoms with Gasteiger partial charge in [0.25, 0.3) is 0 Å². The highest BCUT2D eigenvalue weighted by Crippen LogP contribution is 1.96. The summed E-state index contributed by atoms with van der Waals surface area (Å²) < 4.78 is 4.40. The lowest BCUT2D eigenvalue weighted by atomic mass is 10.1. The van der Waals surface area contributed by atoms with Crippen molar-refractivity contribution in [1.82, 2.24) is 5.32 Å². The number of nitrogens with one attached hydrogen (secondary N) is 1. The predicted octanol–water partition coefficient (Wildman–Crippen LogP) is -1.14. The highest BCUT2D eigenvalue weighted by molar-refractivity contribution is 5.87. The van der Waals surface area contributed by atoms with E-state index in [0.29, 0.717) is 0 Å². The third kappa shape index (κ3) is 5.30. The molecule has 16 heavy (non-hydrogen) atoms. The number of nitrogens with two attached hydrogens (primary N) is 1. The quantitative estimate of drug-likeness (QED) is 0.498. The first kappa shape index (κ1) is 14.4. The smallest absolute Gasteiger partial charge is 0.328 e. The summed E-state index contributed by atoms with van der Waals surface area (Å²) in [5.74, 6) is -2.18. The van der Waals surface area contributed by atoms with Gasteiger partial charge in [-0.25, -0.2) is 4.79 Å². The zero-order valence-corrected chi connectivity index (χ0v) is 9.23. The van der Waals surface area contributed by atoms with E-state index >= 15 is 0 Å². The Kier molecular flexibility index (Phi) is 6.09. The molecule has 0 aliphatic rings. The summed E-state index contributed by atoms with van der Waals surface area (Å²) in [5, 5.41) is 10.7. The Hall–Kier alpha value is -1.63. The van der Waals surface area contributed by atoms with Crippen LogP contribution in [0.25, 0.3) is 0 Å². The molecule has 4 N–H and O–H groups in total. The van der Waals surface area contributed by atoms with Crippen LogP contribution in [-0.2, 0) is 19.1 Å². The number of hydrogen-bond donors (Lipinski definition) is 3. The second-order valence-corrected chi connectivity index (χ2v) is 3.29. The third-order valence-electron chi connectivity index (χ3n) is 1.92. The van der Waals surface area contributed by atoms with Crippen molar-refractivity contribution in [2.45, 2.75) is 31.8 Å². The van der Waals surface area contributed by atoms with Crippen LogP contribution in [-0.4, -0.2) is 42.1 Å². The standard InChI is InChI=1S/C9H16N2O5/c1-5(9(15)16-2)11-8(14)6(10)3-4-7(12)13/h5-6H,3-4,10H2,1-2H3,(H,11,14)(H,12,13)/t5-,6+/m0/s1. The van der Waals surface area contributed by atoms with Crippen molar-refractivity contribution in [1.29, 1.82) is 0 Å². The van der Waals surface area contributed by atoms with Gasteiger partial charge in [-0.05, 0) is 13.3 Å². The molecule has 7 nitrogen and oxygen atoms in total. The van der Waals surface area contributed by atoms with Gasteiger partial charge in [-0.15, -0.1) is 0 Å². The van der Waals surface area contributed by atoms with Gasteiger partial charge in [0.15, 0.2) is 0 Å². The minimum Gasteiger partial charge on any atom is -0.481 e. The van der Waals surface area contributed by atoms with E-state index in [1.54, 1.807) is 0 Å². The largest absolute Gasteiger partial charge is 0.481 e. The molecule has 0 unspecified atom stereocenters. The topological polar surface area (TPSA) is 119 Å². The number of carboxylic acid groups (broad SMARTS) is 1. The van der Waals surface area contributed by atoms with Gasteiger partial charge in [-0.1, -0.05) is 0 Å². The van der Waals surface area contributed by atoms with Crippen LogP contribution < -0.4 is 11.1 Å². The van der Waals surface area contributed by atoms with Gasteiger partial charge in [0.1, 0.15) is 6.04 Å². The van der Waals surface area contributed by atoms with Crippen LogP contribution in [0.3, 0.4) is 0 Å². The summed E-state index contributed by atoms with van der Waals surface area (Å²) in [6, 6.07) is -1.74. The van der Waals surface area contributed by atoms with Gasteiger partial charge in [0.2, 0.25) is 5.91 Å². The van der Waals surface area contributed by atoms with Gasteiger partial charge < -0.3 is 20.9 Å². The fourth-order valence-corrected chi connectivity index (χ4v) is 0.966. The Morgan fingerprint density at radius 3 is 2.44 bits per heavy atom. The van der Waals surface area contributed by atoms with E-state index < -0.39 is 29.9 Å². The van der Waals surface area contributed by atoms with Crippen molar-refractivity contribution in [3.05, 3.63) is 0 Å². The summed E-state index contributed by atoms with van der Waals surface area (Å²) in [5.41, 5.74) is 5.43. The lowest BCUT2D eigenvalue weighted by molar-refractivity contribution is -0.145. The molecule has 2 atom stereocenters. The average Bonchev–Trinajstić information content (AvgIpc) is 2.24. The van der Waals surface area contributed by atoms with E-state index in [0.717, 1.165) is 0 Å². The number of ether oxygens (including phenoxy) is 1. The van der Waals surface area contributed by atoms with Gasteiger partial charge in [-0.3, -0.25) is 9.59 Å². The molecule has 0 aliphatic heterocycles. The van der Waals surface area contributed by atoms with E-state index in [-0.39, 0.29) is 12.8 Å². The number of esters is 1. The van der Waals surface area contributed by atoms with Crippen LogP contribution in [0.15, 0.2) is 0 Å². The van der Waals surface area contributed by atoms with Crippen molar-refractivity contribution in [3.63, 3.8) is 0 Å². The Bertz CT molecular complexity index is 279. The van der Waals surface area contributed by atoms with Gasteiger partial charge >= 0.3 is 11.9 Å². The summed E-state index contributed by atoms with van der Waals surface area (Å²) in [7, 11) is 1.20. The van der Waals surface area contributed by atoms with Crippen LogP contribution in [0.1, 0.15) is 19.8 Å². The second kappa shape index (κ2) is 6.78. The average molecular weight is 232 g/mol. The van der Waals surface area contributed by atoms with Crippen LogP contribution >= 0.6 is 0 Å². The minimum atomic E-state index is -1.02. The Labute approximate surface area is 92.9 Å². The number of carbonyl (C=O) groups is 3. The molecule has 0 aromatic carbocycles. The summed E-state index contributed by atoms with van der Waals surface area (Å²) >= 11 is 0. The van der Waals surface area contributed by atoms with E-state index in [2.05, 4.69) is 10.1 Å². The zero-order valence-electron chi connectivity index (χ0n) is 9.23. The number of amides is 1. The number of carboxylic acids is 1. The minimum absolute atomic E-state index is 0.0229. The Balaban J connectivity index is 4.04. The highest BCUT2D eigenvalue weighted by Gasteiger charge is 2.20. The maximum absolute atomic E-state index is 11.3. The van der Waals surface area contributed by atoms with E-state index in [4.69, 9.17) is 10.8 Å². The molecule has 7 heteroatoms. The molecule has 0 aromatic heterocycles. The SMILES string of the molecule is COC(=O)[C@H](C)NC(=O)[C@H](N)CCC(=O)O. The summed E-state index contributed by atoms with van der Waals surface area (Å²) in [4.78, 5) is 32.6. The molecule has 0 radical (unpaired) electrons. The van der Waals surface area contributed by atoms with Crippen molar-refractivity contribution < 1.29 is 24.2 Å². The molecule has 0 aliphatic carbocycles. The second-order valence-electron chi connectivity index (χ2n) is 3.29. The van der Waals surface area contributed by atoms with Gasteiger partial charge in [0.05, 0.1) is 13.2 Å². The van der Waals surface area contributed by atoms with Crippen molar-refractivity contribution in [2.24, 2.45) is 5.73 Å². The Morgan fingerprint density at radius 2 is 2.00 bits per heavy atom. The van der Waals surface area contributed by atoms with E-state index in [9.17, 15) is 14.4 Å². The zero-order chi connectivity index (χ0) is 12.7. The van der Waals surface area contributed by atoms with Gasteiger partial charge in [-0.2, -0.15) is 0 Å². The predicted molar refractivity (Wildman–Crippen MR) is 54.5 cm³/mol. The number of aliphatic carboxylic acids is 1. The molecule has 0 bridgehead atoms. The van der Waals surface area contributed by atoms with Crippen LogP contribution in [0.5, 0.6) is 0 Å². The van der Waals surface area contributed by atoms with Crippen LogP contribution in [0.2, 0.25) is 0 Å². The molecule has 0 heterocycles. The lowest BCUT2D eigenvalue weighted by Crippen LogP contribution is -2.47. The first-order chi connectivity index (χ1) is 7.38. The molecule has 0 fully saturated rings. The van der Waals surface area contributed by atoms with E-state index in [1.807, 2.05) is 0 Å². The van der Waals surface area contributed by atoms with Crippen molar-refractivity contribution >= 4 is 17.8 Å². The normalized spacial score (nSPS) is 13.7. The molecule has 0 aromatic rings. The van der Waals surface area contributed by atoms with E-state index in [1.165, 1.54) is 14.0 Å². The molecule has 0 saturated heterocycles. The molecule has 0 rings (SSSR count). The summed E-state index contributed by atoms with van der Waals surface area (Å²) in [6.45, 7) is 1.45. The maximum atomic E-state index is 11.3. The fraction of sp³-hybridized carbons (Fsp3) is 0.667. The molecular formula is C9H16N2O5.